The second-order valence-electron chi connectivity index (χ2n) is 6.93. The number of aromatic nitrogens is 1. The van der Waals surface area contributed by atoms with Crippen molar-refractivity contribution in [1.82, 2.24) is 4.98 Å². The molecular weight excluding hydrogens is 366 g/mol. The Kier molecular flexibility index (Phi) is 5.87. The van der Waals surface area contributed by atoms with E-state index in [-0.39, 0.29) is 5.56 Å². The van der Waals surface area contributed by atoms with Crippen LogP contribution in [0, 0.1) is 22.7 Å². The first kappa shape index (κ1) is 19.7. The number of fused-ring (bicyclic) bond motifs is 1. The normalized spacial score (nSPS) is 12.9. The number of pyridine rings is 1. The molecule has 5 heteroatoms. The van der Waals surface area contributed by atoms with Crippen molar-refractivity contribution in [3.63, 3.8) is 0 Å². The number of nitriles is 2. The van der Waals surface area contributed by atoms with Crippen LogP contribution in [0.25, 0.3) is 10.9 Å². The van der Waals surface area contributed by atoms with Gasteiger partial charge in [0.15, 0.2) is 0 Å². The van der Waals surface area contributed by atoms with Gasteiger partial charge in [-0.15, -0.1) is 11.8 Å². The molecule has 0 saturated heterocycles. The lowest BCUT2D eigenvalue weighted by Crippen LogP contribution is -2.21. The zero-order chi connectivity index (χ0) is 20.1. The lowest BCUT2D eigenvalue weighted by molar-refractivity contribution is 0.593. The smallest absolute Gasteiger partial charge is 0.251 e. The van der Waals surface area contributed by atoms with Crippen molar-refractivity contribution in [3.8, 4) is 12.1 Å². The number of nitrogens with zero attached hydrogens (tertiary/aromatic N) is 2. The molecule has 140 valence electrons. The van der Waals surface area contributed by atoms with Crippen molar-refractivity contribution >= 4 is 22.7 Å². The van der Waals surface area contributed by atoms with Gasteiger partial charge in [0.1, 0.15) is 6.07 Å². The van der Waals surface area contributed by atoms with E-state index in [2.05, 4.69) is 17.1 Å². The van der Waals surface area contributed by atoms with E-state index in [0.717, 1.165) is 26.9 Å². The van der Waals surface area contributed by atoms with Crippen molar-refractivity contribution < 1.29 is 0 Å². The highest BCUT2D eigenvalue weighted by atomic mass is 32.2. The van der Waals surface area contributed by atoms with E-state index in [0.29, 0.717) is 24.2 Å². The first-order chi connectivity index (χ1) is 13.5. The predicted octanol–water partition coefficient (Wildman–Crippen LogP) is 4.93. The quantitative estimate of drug-likeness (QED) is 0.608. The standard InChI is InChI=1S/C23H21N3OS/c1-3-16-12-17-8-9-19(13-20(17)26-22(16)27)23(2,15-25)10-11-28-21-7-5-4-6-18(21)14-24/h4-9,12-13H,3,10-11H2,1-2H3,(H,26,27). The van der Waals surface area contributed by atoms with Crippen molar-refractivity contribution in [3.05, 3.63) is 75.6 Å². The highest BCUT2D eigenvalue weighted by Crippen LogP contribution is 2.32. The Hall–Kier alpha value is -3.02. The first-order valence-electron chi connectivity index (χ1n) is 9.20. The van der Waals surface area contributed by atoms with Gasteiger partial charge in [0.2, 0.25) is 0 Å². The number of hydrogen-bond acceptors (Lipinski definition) is 4. The lowest BCUT2D eigenvalue weighted by Gasteiger charge is -2.22. The average Bonchev–Trinajstić information content (AvgIpc) is 2.73. The van der Waals surface area contributed by atoms with E-state index >= 15 is 0 Å². The fourth-order valence-electron chi connectivity index (χ4n) is 3.17. The van der Waals surface area contributed by atoms with E-state index in [1.165, 1.54) is 0 Å². The number of rotatable bonds is 6. The van der Waals surface area contributed by atoms with Gasteiger partial charge in [-0.1, -0.05) is 31.2 Å². The molecule has 1 N–H and O–H groups in total. The number of H-pyrrole nitrogens is 1. The van der Waals surface area contributed by atoms with Gasteiger partial charge in [0, 0.05) is 16.0 Å². The van der Waals surface area contributed by atoms with Crippen LogP contribution < -0.4 is 5.56 Å². The molecule has 1 heterocycles. The van der Waals surface area contributed by atoms with E-state index in [9.17, 15) is 15.3 Å². The molecule has 0 aliphatic rings. The van der Waals surface area contributed by atoms with Crippen LogP contribution in [0.2, 0.25) is 0 Å². The van der Waals surface area contributed by atoms with Gasteiger partial charge in [0.05, 0.1) is 17.0 Å². The average molecular weight is 388 g/mol. The van der Waals surface area contributed by atoms with Crippen LogP contribution in [-0.2, 0) is 11.8 Å². The minimum Gasteiger partial charge on any atom is -0.322 e. The zero-order valence-corrected chi connectivity index (χ0v) is 16.8. The Morgan fingerprint density at radius 2 is 1.93 bits per heavy atom. The molecule has 1 atom stereocenters. The molecule has 0 bridgehead atoms. The molecule has 0 spiro atoms. The first-order valence-corrected chi connectivity index (χ1v) is 10.2. The molecule has 1 unspecified atom stereocenters. The number of nitrogens with one attached hydrogen (secondary N) is 1. The Labute approximate surface area is 168 Å². The van der Waals surface area contributed by atoms with Crippen LogP contribution in [-0.4, -0.2) is 10.7 Å². The minimum atomic E-state index is -0.677. The highest BCUT2D eigenvalue weighted by molar-refractivity contribution is 7.99. The Morgan fingerprint density at radius 3 is 2.64 bits per heavy atom. The van der Waals surface area contributed by atoms with E-state index < -0.39 is 5.41 Å². The van der Waals surface area contributed by atoms with Gasteiger partial charge < -0.3 is 4.98 Å². The second-order valence-corrected chi connectivity index (χ2v) is 8.07. The van der Waals surface area contributed by atoms with E-state index in [1.807, 2.05) is 56.3 Å². The van der Waals surface area contributed by atoms with Crippen LogP contribution in [0.15, 0.2) is 58.2 Å². The highest BCUT2D eigenvalue weighted by Gasteiger charge is 2.26. The summed E-state index contributed by atoms with van der Waals surface area (Å²) in [7, 11) is 0. The molecule has 28 heavy (non-hydrogen) atoms. The van der Waals surface area contributed by atoms with Gasteiger partial charge in [-0.3, -0.25) is 4.79 Å². The topological polar surface area (TPSA) is 80.4 Å². The van der Waals surface area contributed by atoms with Gasteiger partial charge in [0.25, 0.3) is 5.56 Å². The molecule has 4 nitrogen and oxygen atoms in total. The Balaban J connectivity index is 1.84. The van der Waals surface area contributed by atoms with Crippen LogP contribution in [0.1, 0.15) is 37.0 Å². The van der Waals surface area contributed by atoms with Crippen molar-refractivity contribution in [2.75, 3.05) is 5.75 Å². The fraction of sp³-hybridized carbons (Fsp3) is 0.261. The van der Waals surface area contributed by atoms with Crippen molar-refractivity contribution in [2.24, 2.45) is 0 Å². The molecule has 0 aliphatic carbocycles. The van der Waals surface area contributed by atoms with Crippen molar-refractivity contribution in [1.29, 1.82) is 10.5 Å². The number of thioether (sulfide) groups is 1. The summed E-state index contributed by atoms with van der Waals surface area (Å²) in [6.07, 6.45) is 1.32. The predicted molar refractivity (Wildman–Crippen MR) is 113 cm³/mol. The maximum absolute atomic E-state index is 12.1. The van der Waals surface area contributed by atoms with E-state index in [1.54, 1.807) is 17.8 Å². The molecule has 3 aromatic rings. The monoisotopic (exact) mass is 387 g/mol. The number of aromatic amines is 1. The number of aryl methyl sites for hydroxylation is 1. The maximum Gasteiger partial charge on any atom is 0.251 e. The van der Waals surface area contributed by atoms with Crippen molar-refractivity contribution in [2.45, 2.75) is 37.0 Å². The van der Waals surface area contributed by atoms with Crippen LogP contribution >= 0.6 is 11.8 Å². The molecule has 0 amide bonds. The SMILES string of the molecule is CCc1cc2ccc(C(C)(C#N)CCSc3ccccc3C#N)cc2[nH]c1=O. The van der Waals surface area contributed by atoms with Gasteiger partial charge >= 0.3 is 0 Å². The third-order valence-electron chi connectivity index (χ3n) is 5.05. The fourth-order valence-corrected chi connectivity index (χ4v) is 4.34. The second kappa shape index (κ2) is 8.33. The summed E-state index contributed by atoms with van der Waals surface area (Å²) in [5.41, 5.74) is 2.30. The lowest BCUT2D eigenvalue weighted by atomic mass is 9.81. The summed E-state index contributed by atoms with van der Waals surface area (Å²) in [5, 5.41) is 20.0. The van der Waals surface area contributed by atoms with Crippen LogP contribution in [0.5, 0.6) is 0 Å². The maximum atomic E-state index is 12.1. The Morgan fingerprint density at radius 1 is 1.14 bits per heavy atom. The molecule has 1 aromatic heterocycles. The molecule has 0 saturated carbocycles. The Bertz CT molecular complexity index is 1150. The van der Waals surface area contributed by atoms with Gasteiger partial charge in [-0.2, -0.15) is 10.5 Å². The molecule has 0 aliphatic heterocycles. The third-order valence-corrected chi connectivity index (χ3v) is 6.13. The third kappa shape index (κ3) is 3.96. The van der Waals surface area contributed by atoms with Crippen LogP contribution in [0.4, 0.5) is 0 Å². The molecule has 2 aromatic carbocycles. The van der Waals surface area contributed by atoms with Gasteiger partial charge in [-0.25, -0.2) is 0 Å². The molecule has 0 fully saturated rings. The van der Waals surface area contributed by atoms with Crippen LogP contribution in [0.3, 0.4) is 0 Å². The number of hydrogen-bond donors (Lipinski definition) is 1. The summed E-state index contributed by atoms with van der Waals surface area (Å²) < 4.78 is 0. The zero-order valence-electron chi connectivity index (χ0n) is 16.0. The summed E-state index contributed by atoms with van der Waals surface area (Å²) >= 11 is 1.59. The van der Waals surface area contributed by atoms with E-state index in [4.69, 9.17) is 0 Å². The molecule has 3 rings (SSSR count). The summed E-state index contributed by atoms with van der Waals surface area (Å²) in [4.78, 5) is 16.0. The minimum absolute atomic E-state index is 0.0746. The number of benzene rings is 2. The van der Waals surface area contributed by atoms with Gasteiger partial charge in [-0.05, 0) is 60.7 Å². The largest absolute Gasteiger partial charge is 0.322 e. The summed E-state index contributed by atoms with van der Waals surface area (Å²) in [6, 6.07) is 19.9. The molecular formula is C23H21N3OS. The molecule has 0 radical (unpaired) electrons. The summed E-state index contributed by atoms with van der Waals surface area (Å²) in [5.74, 6) is 0.714. The summed E-state index contributed by atoms with van der Waals surface area (Å²) in [6.45, 7) is 3.88.